The summed E-state index contributed by atoms with van der Waals surface area (Å²) in [4.78, 5) is 2.34. The number of nitrogens with one attached hydrogen (secondary N) is 1. The Labute approximate surface area is 118 Å². The van der Waals surface area contributed by atoms with Gasteiger partial charge in [0.25, 0.3) is 0 Å². The van der Waals surface area contributed by atoms with Gasteiger partial charge in [0.05, 0.1) is 11.0 Å². The molecular weight excluding hydrogens is 260 g/mol. The van der Waals surface area contributed by atoms with Crippen molar-refractivity contribution in [1.82, 2.24) is 10.2 Å². The summed E-state index contributed by atoms with van der Waals surface area (Å²) in [5.41, 5.74) is 0.104. The minimum absolute atomic E-state index is 0.104. The third-order valence-electron chi connectivity index (χ3n) is 4.45. The maximum atomic E-state index is 12.0. The van der Waals surface area contributed by atoms with Crippen molar-refractivity contribution in [3.63, 3.8) is 0 Å². The first kappa shape index (κ1) is 16.9. The fourth-order valence-corrected chi connectivity index (χ4v) is 3.40. The Balaban J connectivity index is 2.69. The van der Waals surface area contributed by atoms with E-state index in [0.29, 0.717) is 12.6 Å². The van der Waals surface area contributed by atoms with Crippen LogP contribution < -0.4 is 5.32 Å². The van der Waals surface area contributed by atoms with Gasteiger partial charge >= 0.3 is 0 Å². The molecule has 0 aromatic carbocycles. The molecule has 0 bridgehead atoms. The molecule has 1 rings (SSSR count). The minimum Gasteiger partial charge on any atom is -0.310 e. The van der Waals surface area contributed by atoms with Crippen LogP contribution >= 0.6 is 0 Å². The fraction of sp³-hybridized carbons (Fsp3) is 1.00. The SMILES string of the molecule is CCC1(C)CN(CCS(=O)(=O)C(C)C)C(C)CCN1. The van der Waals surface area contributed by atoms with Gasteiger partial charge in [0.15, 0.2) is 9.84 Å². The van der Waals surface area contributed by atoms with E-state index in [0.717, 1.165) is 25.9 Å². The van der Waals surface area contributed by atoms with Gasteiger partial charge in [0.1, 0.15) is 0 Å². The molecular formula is C14H30N2O2S. The van der Waals surface area contributed by atoms with E-state index in [4.69, 9.17) is 0 Å². The molecule has 0 radical (unpaired) electrons. The van der Waals surface area contributed by atoms with Crippen molar-refractivity contribution in [1.29, 1.82) is 0 Å². The Morgan fingerprint density at radius 2 is 2.05 bits per heavy atom. The summed E-state index contributed by atoms with van der Waals surface area (Å²) >= 11 is 0. The number of sulfone groups is 1. The van der Waals surface area contributed by atoms with E-state index in [9.17, 15) is 8.42 Å². The van der Waals surface area contributed by atoms with Crippen molar-refractivity contribution in [2.75, 3.05) is 25.4 Å². The van der Waals surface area contributed by atoms with Crippen molar-refractivity contribution in [2.45, 2.75) is 64.3 Å². The molecule has 0 aromatic heterocycles. The summed E-state index contributed by atoms with van der Waals surface area (Å²) < 4.78 is 23.9. The predicted octanol–water partition coefficient (Wildman–Crippen LogP) is 1.66. The lowest BCUT2D eigenvalue weighted by molar-refractivity contribution is 0.180. The largest absolute Gasteiger partial charge is 0.310 e. The van der Waals surface area contributed by atoms with Gasteiger partial charge in [-0.15, -0.1) is 0 Å². The van der Waals surface area contributed by atoms with Crippen LogP contribution in [-0.2, 0) is 9.84 Å². The molecule has 0 amide bonds. The van der Waals surface area contributed by atoms with Crippen LogP contribution in [0.3, 0.4) is 0 Å². The van der Waals surface area contributed by atoms with Gasteiger partial charge < -0.3 is 5.32 Å². The number of nitrogens with zero attached hydrogens (tertiary/aromatic N) is 1. The molecule has 0 saturated carbocycles. The highest BCUT2D eigenvalue weighted by atomic mass is 32.2. The molecule has 1 heterocycles. The summed E-state index contributed by atoms with van der Waals surface area (Å²) in [6.07, 6.45) is 2.14. The molecule has 1 fully saturated rings. The monoisotopic (exact) mass is 290 g/mol. The highest BCUT2D eigenvalue weighted by Gasteiger charge is 2.31. The summed E-state index contributed by atoms with van der Waals surface area (Å²) in [5.74, 6) is 0.273. The van der Waals surface area contributed by atoms with Crippen LogP contribution in [0.5, 0.6) is 0 Å². The molecule has 0 aromatic rings. The highest BCUT2D eigenvalue weighted by molar-refractivity contribution is 7.92. The number of rotatable bonds is 5. The van der Waals surface area contributed by atoms with Crippen LogP contribution in [0.25, 0.3) is 0 Å². The molecule has 2 unspecified atom stereocenters. The molecule has 1 N–H and O–H groups in total. The van der Waals surface area contributed by atoms with E-state index in [1.54, 1.807) is 13.8 Å². The van der Waals surface area contributed by atoms with E-state index < -0.39 is 9.84 Å². The van der Waals surface area contributed by atoms with Crippen LogP contribution in [0, 0.1) is 0 Å². The molecule has 0 spiro atoms. The topological polar surface area (TPSA) is 49.4 Å². The lowest BCUT2D eigenvalue weighted by Gasteiger charge is -2.35. The molecule has 19 heavy (non-hydrogen) atoms. The second-order valence-electron chi connectivity index (χ2n) is 6.36. The van der Waals surface area contributed by atoms with Crippen LogP contribution in [0.15, 0.2) is 0 Å². The molecule has 1 aliphatic rings. The summed E-state index contributed by atoms with van der Waals surface area (Å²) in [5, 5.41) is 3.32. The summed E-state index contributed by atoms with van der Waals surface area (Å²) in [6.45, 7) is 12.7. The van der Waals surface area contributed by atoms with Gasteiger partial charge in [0, 0.05) is 24.7 Å². The third kappa shape index (κ3) is 4.72. The second-order valence-corrected chi connectivity index (χ2v) is 9.04. The zero-order chi connectivity index (χ0) is 14.7. The van der Waals surface area contributed by atoms with Crippen molar-refractivity contribution in [3.8, 4) is 0 Å². The average molecular weight is 290 g/mol. The van der Waals surface area contributed by atoms with Crippen LogP contribution in [0.2, 0.25) is 0 Å². The zero-order valence-corrected chi connectivity index (χ0v) is 13.9. The van der Waals surface area contributed by atoms with Crippen molar-refractivity contribution < 1.29 is 8.42 Å². The summed E-state index contributed by atoms with van der Waals surface area (Å²) in [6, 6.07) is 0.447. The predicted molar refractivity (Wildman–Crippen MR) is 81.3 cm³/mol. The second kappa shape index (κ2) is 6.55. The number of hydrogen-bond acceptors (Lipinski definition) is 4. The van der Waals surface area contributed by atoms with Gasteiger partial charge in [-0.1, -0.05) is 6.92 Å². The molecule has 114 valence electrons. The van der Waals surface area contributed by atoms with Gasteiger partial charge in [-0.05, 0) is 47.1 Å². The van der Waals surface area contributed by atoms with E-state index >= 15 is 0 Å². The Morgan fingerprint density at radius 3 is 2.58 bits per heavy atom. The Bertz CT molecular complexity index is 381. The van der Waals surface area contributed by atoms with Gasteiger partial charge in [-0.3, -0.25) is 4.90 Å². The third-order valence-corrected chi connectivity index (χ3v) is 6.64. The van der Waals surface area contributed by atoms with Gasteiger partial charge in [-0.25, -0.2) is 8.42 Å². The van der Waals surface area contributed by atoms with Gasteiger partial charge in [0.2, 0.25) is 0 Å². The van der Waals surface area contributed by atoms with Crippen LogP contribution in [0.4, 0.5) is 0 Å². The molecule has 1 saturated heterocycles. The van der Waals surface area contributed by atoms with Crippen molar-refractivity contribution in [2.24, 2.45) is 0 Å². The quantitative estimate of drug-likeness (QED) is 0.836. The first-order valence-corrected chi connectivity index (χ1v) is 9.12. The Kier molecular flexibility index (Phi) is 5.83. The summed E-state index contributed by atoms with van der Waals surface area (Å²) in [7, 11) is -2.94. The van der Waals surface area contributed by atoms with Gasteiger partial charge in [-0.2, -0.15) is 0 Å². The van der Waals surface area contributed by atoms with Crippen molar-refractivity contribution >= 4 is 9.84 Å². The van der Waals surface area contributed by atoms with Crippen LogP contribution in [0.1, 0.15) is 47.5 Å². The van der Waals surface area contributed by atoms with E-state index in [1.165, 1.54) is 0 Å². The normalized spacial score (nSPS) is 30.5. The van der Waals surface area contributed by atoms with E-state index in [2.05, 4.69) is 31.0 Å². The highest BCUT2D eigenvalue weighted by Crippen LogP contribution is 2.19. The van der Waals surface area contributed by atoms with Crippen LogP contribution in [-0.4, -0.2) is 55.5 Å². The Morgan fingerprint density at radius 1 is 1.42 bits per heavy atom. The smallest absolute Gasteiger partial charge is 0.153 e. The Hall–Kier alpha value is -0.130. The zero-order valence-electron chi connectivity index (χ0n) is 13.1. The minimum atomic E-state index is -2.94. The lowest BCUT2D eigenvalue weighted by atomic mass is 9.98. The molecule has 1 aliphatic heterocycles. The lowest BCUT2D eigenvalue weighted by Crippen LogP contribution is -2.50. The average Bonchev–Trinajstić information content (AvgIpc) is 2.47. The van der Waals surface area contributed by atoms with E-state index in [-0.39, 0.29) is 16.5 Å². The van der Waals surface area contributed by atoms with E-state index in [1.807, 2.05) is 0 Å². The standard InChI is InChI=1S/C14H30N2O2S/c1-6-14(5)11-16(13(4)7-8-15-14)9-10-19(17,18)12(2)3/h12-13,15H,6-11H2,1-5H3. The van der Waals surface area contributed by atoms with Crippen molar-refractivity contribution in [3.05, 3.63) is 0 Å². The molecule has 5 heteroatoms. The number of hydrogen-bond donors (Lipinski definition) is 1. The molecule has 4 nitrogen and oxygen atoms in total. The fourth-order valence-electron chi connectivity index (χ4n) is 2.44. The maximum absolute atomic E-state index is 12.0. The first-order chi connectivity index (χ1) is 8.70. The maximum Gasteiger partial charge on any atom is 0.153 e. The first-order valence-electron chi connectivity index (χ1n) is 7.41. The molecule has 0 aliphatic carbocycles. The molecule has 2 atom stereocenters.